The van der Waals surface area contributed by atoms with Crippen molar-refractivity contribution in [1.29, 1.82) is 0 Å². The molecule has 0 bridgehead atoms. The highest BCUT2D eigenvalue weighted by molar-refractivity contribution is 5.77. The largest absolute Gasteiger partial charge is 0.481 e. The lowest BCUT2D eigenvalue weighted by Gasteiger charge is -2.19. The van der Waals surface area contributed by atoms with Gasteiger partial charge >= 0.3 is 5.97 Å². The molecule has 0 aliphatic heterocycles. The summed E-state index contributed by atoms with van der Waals surface area (Å²) >= 11 is 0. The Kier molecular flexibility index (Phi) is 2.99. The van der Waals surface area contributed by atoms with E-state index in [-0.39, 0.29) is 11.8 Å². The van der Waals surface area contributed by atoms with Crippen LogP contribution in [0.4, 0.5) is 0 Å². The molecule has 1 aliphatic carbocycles. The van der Waals surface area contributed by atoms with Gasteiger partial charge in [0.2, 0.25) is 0 Å². The second-order valence-electron chi connectivity index (χ2n) is 4.96. The Bertz CT molecular complexity index is 391. The molecule has 1 fully saturated rings. The average molecular weight is 218 g/mol. The van der Waals surface area contributed by atoms with Gasteiger partial charge in [-0.3, -0.25) is 4.79 Å². The van der Waals surface area contributed by atoms with E-state index in [1.165, 1.54) is 18.4 Å². The number of benzene rings is 1. The minimum Gasteiger partial charge on any atom is -0.481 e. The zero-order valence-electron chi connectivity index (χ0n) is 9.81. The third-order valence-corrected chi connectivity index (χ3v) is 3.28. The molecule has 0 radical (unpaired) electrons. The molecule has 1 aromatic rings. The van der Waals surface area contributed by atoms with Crippen LogP contribution < -0.4 is 0 Å². The van der Waals surface area contributed by atoms with E-state index in [1.54, 1.807) is 0 Å². The number of carbonyl (C=O) groups is 1. The van der Waals surface area contributed by atoms with Crippen molar-refractivity contribution in [3.8, 4) is 0 Å². The first-order valence-corrected chi connectivity index (χ1v) is 5.93. The van der Waals surface area contributed by atoms with Gasteiger partial charge in [0, 0.05) is 0 Å². The molecule has 0 saturated heterocycles. The van der Waals surface area contributed by atoms with Crippen molar-refractivity contribution in [2.75, 3.05) is 0 Å². The summed E-state index contributed by atoms with van der Waals surface area (Å²) < 4.78 is 0. The van der Waals surface area contributed by atoms with Crippen molar-refractivity contribution in [3.63, 3.8) is 0 Å². The molecular formula is C14H18O2. The monoisotopic (exact) mass is 218 g/mol. The van der Waals surface area contributed by atoms with Gasteiger partial charge in [-0.2, -0.15) is 0 Å². The van der Waals surface area contributed by atoms with Crippen molar-refractivity contribution in [1.82, 2.24) is 0 Å². The summed E-state index contributed by atoms with van der Waals surface area (Å²) in [5.74, 6) is -0.325. The van der Waals surface area contributed by atoms with Gasteiger partial charge in [-0.25, -0.2) is 0 Å². The zero-order chi connectivity index (χ0) is 11.7. The van der Waals surface area contributed by atoms with Gasteiger partial charge in [-0.1, -0.05) is 38.1 Å². The summed E-state index contributed by atoms with van der Waals surface area (Å²) in [6, 6.07) is 8.02. The maximum atomic E-state index is 11.3. The highest BCUT2D eigenvalue weighted by Gasteiger charge is 2.31. The lowest BCUT2D eigenvalue weighted by molar-refractivity contribution is -0.139. The van der Waals surface area contributed by atoms with Gasteiger partial charge in [0.1, 0.15) is 0 Å². The van der Waals surface area contributed by atoms with Crippen LogP contribution in [-0.4, -0.2) is 11.1 Å². The predicted octanol–water partition coefficient (Wildman–Crippen LogP) is 3.39. The van der Waals surface area contributed by atoms with Crippen LogP contribution in [0.1, 0.15) is 49.7 Å². The molecule has 1 aromatic carbocycles. The van der Waals surface area contributed by atoms with Crippen LogP contribution in [0.3, 0.4) is 0 Å². The molecule has 0 amide bonds. The SMILES string of the molecule is CC(C)C(C(=O)O)c1ccccc1C1CC1. The van der Waals surface area contributed by atoms with Gasteiger partial charge < -0.3 is 5.11 Å². The molecule has 1 unspecified atom stereocenters. The first-order valence-electron chi connectivity index (χ1n) is 5.93. The summed E-state index contributed by atoms with van der Waals surface area (Å²) in [5.41, 5.74) is 2.27. The third-order valence-electron chi connectivity index (χ3n) is 3.28. The van der Waals surface area contributed by atoms with Crippen LogP contribution in [0, 0.1) is 5.92 Å². The van der Waals surface area contributed by atoms with Crippen molar-refractivity contribution in [3.05, 3.63) is 35.4 Å². The minimum absolute atomic E-state index is 0.136. The van der Waals surface area contributed by atoms with Crippen molar-refractivity contribution in [2.24, 2.45) is 5.92 Å². The number of hydrogen-bond acceptors (Lipinski definition) is 1. The maximum Gasteiger partial charge on any atom is 0.311 e. The van der Waals surface area contributed by atoms with E-state index in [1.807, 2.05) is 32.0 Å². The summed E-state index contributed by atoms with van der Waals surface area (Å²) in [5, 5.41) is 9.32. The molecule has 1 aliphatic rings. The Morgan fingerprint density at radius 2 is 1.94 bits per heavy atom. The minimum atomic E-state index is -0.705. The summed E-state index contributed by atoms with van der Waals surface area (Å²) in [6.07, 6.45) is 2.42. The summed E-state index contributed by atoms with van der Waals surface area (Å²) in [7, 11) is 0. The normalized spacial score (nSPS) is 17.4. The van der Waals surface area contributed by atoms with E-state index in [0.29, 0.717) is 5.92 Å². The first kappa shape index (κ1) is 11.2. The van der Waals surface area contributed by atoms with Crippen LogP contribution >= 0.6 is 0 Å². The summed E-state index contributed by atoms with van der Waals surface area (Å²) in [6.45, 7) is 3.95. The van der Waals surface area contributed by atoms with Crippen molar-refractivity contribution < 1.29 is 9.90 Å². The second kappa shape index (κ2) is 4.28. The van der Waals surface area contributed by atoms with E-state index in [0.717, 1.165) is 5.56 Å². The smallest absolute Gasteiger partial charge is 0.311 e. The van der Waals surface area contributed by atoms with Crippen molar-refractivity contribution in [2.45, 2.75) is 38.5 Å². The molecule has 1 saturated carbocycles. The van der Waals surface area contributed by atoms with Crippen molar-refractivity contribution >= 4 is 5.97 Å². The fourth-order valence-corrected chi connectivity index (χ4v) is 2.34. The van der Waals surface area contributed by atoms with Crippen LogP contribution in [0.25, 0.3) is 0 Å². The van der Waals surface area contributed by atoms with Gasteiger partial charge in [0.15, 0.2) is 0 Å². The number of aliphatic carboxylic acids is 1. The number of carboxylic acids is 1. The Morgan fingerprint density at radius 1 is 1.31 bits per heavy atom. The first-order chi connectivity index (χ1) is 7.61. The van der Waals surface area contributed by atoms with Crippen LogP contribution in [-0.2, 0) is 4.79 Å². The second-order valence-corrected chi connectivity index (χ2v) is 4.96. The van der Waals surface area contributed by atoms with Gasteiger partial charge in [-0.15, -0.1) is 0 Å². The molecule has 0 aromatic heterocycles. The topological polar surface area (TPSA) is 37.3 Å². The number of carboxylic acid groups (broad SMARTS) is 1. The van der Waals surface area contributed by atoms with E-state index in [2.05, 4.69) is 6.07 Å². The Balaban J connectivity index is 2.40. The third kappa shape index (κ3) is 2.11. The highest BCUT2D eigenvalue weighted by Crippen LogP contribution is 2.44. The van der Waals surface area contributed by atoms with Crippen LogP contribution in [0.15, 0.2) is 24.3 Å². The van der Waals surface area contributed by atoms with Crippen LogP contribution in [0.2, 0.25) is 0 Å². The predicted molar refractivity (Wildman–Crippen MR) is 63.6 cm³/mol. The lowest BCUT2D eigenvalue weighted by atomic mass is 9.84. The van der Waals surface area contributed by atoms with E-state index >= 15 is 0 Å². The van der Waals surface area contributed by atoms with E-state index in [9.17, 15) is 9.90 Å². The molecule has 2 rings (SSSR count). The Morgan fingerprint density at radius 3 is 2.44 bits per heavy atom. The Labute approximate surface area is 96.3 Å². The fourth-order valence-electron chi connectivity index (χ4n) is 2.34. The van der Waals surface area contributed by atoms with Gasteiger partial charge in [0.25, 0.3) is 0 Å². The maximum absolute atomic E-state index is 11.3. The highest BCUT2D eigenvalue weighted by atomic mass is 16.4. The number of hydrogen-bond donors (Lipinski definition) is 1. The van der Waals surface area contributed by atoms with Gasteiger partial charge in [0.05, 0.1) is 5.92 Å². The molecule has 2 nitrogen and oxygen atoms in total. The standard InChI is InChI=1S/C14H18O2/c1-9(2)13(14(15)16)12-6-4-3-5-11(12)10-7-8-10/h3-6,9-10,13H,7-8H2,1-2H3,(H,15,16). The quantitative estimate of drug-likeness (QED) is 0.841. The molecule has 86 valence electrons. The molecule has 0 heterocycles. The summed E-state index contributed by atoms with van der Waals surface area (Å²) in [4.78, 5) is 11.3. The Hall–Kier alpha value is -1.31. The van der Waals surface area contributed by atoms with Crippen LogP contribution in [0.5, 0.6) is 0 Å². The molecule has 0 spiro atoms. The lowest BCUT2D eigenvalue weighted by Crippen LogP contribution is -2.18. The van der Waals surface area contributed by atoms with Gasteiger partial charge in [-0.05, 0) is 35.8 Å². The molecular weight excluding hydrogens is 200 g/mol. The molecule has 1 atom stereocenters. The number of rotatable bonds is 4. The zero-order valence-corrected chi connectivity index (χ0v) is 9.81. The van der Waals surface area contributed by atoms with E-state index in [4.69, 9.17) is 0 Å². The average Bonchev–Trinajstić information content (AvgIpc) is 3.00. The fraction of sp³-hybridized carbons (Fsp3) is 0.500. The molecule has 1 N–H and O–H groups in total. The molecule has 2 heteroatoms. The molecule has 16 heavy (non-hydrogen) atoms. The van der Waals surface area contributed by atoms with E-state index < -0.39 is 5.97 Å².